The van der Waals surface area contributed by atoms with Crippen molar-refractivity contribution in [2.24, 2.45) is 0 Å². The summed E-state index contributed by atoms with van der Waals surface area (Å²) in [5, 5.41) is 0.355. The molecule has 1 unspecified atom stereocenters. The molecule has 2 nitrogen and oxygen atoms in total. The monoisotopic (exact) mass is 317 g/mol. The van der Waals surface area contributed by atoms with Gasteiger partial charge in [-0.2, -0.15) is 0 Å². The summed E-state index contributed by atoms with van der Waals surface area (Å²) in [6.07, 6.45) is 0. The largest absolute Gasteiger partial charge is 0.398 e. The van der Waals surface area contributed by atoms with Gasteiger partial charge in [-0.3, -0.25) is 4.21 Å². The normalized spacial score (nSPS) is 12.4. The highest BCUT2D eigenvalue weighted by molar-refractivity contribution is 7.84. The highest BCUT2D eigenvalue weighted by Crippen LogP contribution is 2.28. The lowest BCUT2D eigenvalue weighted by atomic mass is 10.2. The lowest BCUT2D eigenvalue weighted by Gasteiger charge is -2.08. The van der Waals surface area contributed by atoms with E-state index in [0.717, 1.165) is 0 Å². The number of halogens is 3. The van der Waals surface area contributed by atoms with E-state index >= 15 is 0 Å². The van der Waals surface area contributed by atoms with Gasteiger partial charge in [-0.1, -0.05) is 35.3 Å². The molecule has 1 atom stereocenters. The summed E-state index contributed by atoms with van der Waals surface area (Å²) >= 11 is 11.7. The number of anilines is 1. The van der Waals surface area contributed by atoms with E-state index in [9.17, 15) is 8.60 Å². The average molecular weight is 318 g/mol. The summed E-state index contributed by atoms with van der Waals surface area (Å²) in [5.41, 5.74) is 6.80. The maximum absolute atomic E-state index is 13.0. The summed E-state index contributed by atoms with van der Waals surface area (Å²) in [6.45, 7) is 0. The van der Waals surface area contributed by atoms with Crippen LogP contribution in [0.3, 0.4) is 0 Å². The van der Waals surface area contributed by atoms with Crippen LogP contribution in [0.5, 0.6) is 0 Å². The molecule has 0 aliphatic heterocycles. The Labute approximate surface area is 122 Å². The molecule has 2 aromatic rings. The van der Waals surface area contributed by atoms with Crippen LogP contribution in [0.1, 0.15) is 5.56 Å². The Hall–Kier alpha value is -1.10. The third-order valence-electron chi connectivity index (χ3n) is 2.51. The molecule has 6 heteroatoms. The molecule has 0 radical (unpaired) electrons. The second kappa shape index (κ2) is 5.90. The maximum Gasteiger partial charge on any atom is 0.141 e. The van der Waals surface area contributed by atoms with Crippen molar-refractivity contribution in [1.82, 2.24) is 0 Å². The molecule has 19 heavy (non-hydrogen) atoms. The Bertz CT molecular complexity index is 628. The first-order valence-electron chi connectivity index (χ1n) is 5.35. The molecule has 0 spiro atoms. The molecule has 0 bridgehead atoms. The first kappa shape index (κ1) is 14.3. The molecule has 100 valence electrons. The van der Waals surface area contributed by atoms with Crippen molar-refractivity contribution in [2.75, 3.05) is 5.73 Å². The molecule has 2 rings (SSSR count). The Morgan fingerprint density at radius 2 is 1.89 bits per heavy atom. The van der Waals surface area contributed by atoms with Crippen LogP contribution in [0.15, 0.2) is 41.3 Å². The van der Waals surface area contributed by atoms with Gasteiger partial charge in [0, 0.05) is 5.69 Å². The van der Waals surface area contributed by atoms with E-state index in [4.69, 9.17) is 28.9 Å². The van der Waals surface area contributed by atoms with E-state index < -0.39 is 16.6 Å². The van der Waals surface area contributed by atoms with Crippen molar-refractivity contribution in [3.8, 4) is 0 Å². The third kappa shape index (κ3) is 3.26. The Morgan fingerprint density at radius 3 is 2.53 bits per heavy atom. The van der Waals surface area contributed by atoms with Crippen molar-refractivity contribution >= 4 is 39.7 Å². The molecule has 0 saturated heterocycles. The summed E-state index contributed by atoms with van der Waals surface area (Å²) < 4.78 is 25.3. The first-order chi connectivity index (χ1) is 8.99. The standard InChI is InChI=1S/C13H10Cl2FNOS/c14-9-2-1-3-12(17)13(9)19(18)7-8-4-5-11(16)10(15)6-8/h1-6H,7,17H2. The molecule has 0 saturated carbocycles. The Kier molecular flexibility index (Phi) is 4.45. The van der Waals surface area contributed by atoms with Gasteiger partial charge >= 0.3 is 0 Å². The minimum absolute atomic E-state index is 0.00151. The van der Waals surface area contributed by atoms with Gasteiger partial charge in [0.15, 0.2) is 0 Å². The van der Waals surface area contributed by atoms with Crippen LogP contribution in [-0.4, -0.2) is 4.21 Å². The van der Waals surface area contributed by atoms with Crippen LogP contribution in [0, 0.1) is 5.82 Å². The second-order valence-corrected chi connectivity index (χ2v) is 6.10. The summed E-state index contributed by atoms with van der Waals surface area (Å²) in [6, 6.07) is 9.17. The number of nitrogens with two attached hydrogens (primary N) is 1. The molecular formula is C13H10Cl2FNOS. The molecular weight excluding hydrogens is 308 g/mol. The summed E-state index contributed by atoms with van der Waals surface area (Å²) in [4.78, 5) is 0.393. The zero-order chi connectivity index (χ0) is 14.0. The molecule has 0 heterocycles. The van der Waals surface area contributed by atoms with Crippen LogP contribution < -0.4 is 5.73 Å². The van der Waals surface area contributed by atoms with Crippen molar-refractivity contribution < 1.29 is 8.60 Å². The number of hydrogen-bond acceptors (Lipinski definition) is 2. The molecule has 2 aromatic carbocycles. The van der Waals surface area contributed by atoms with Crippen LogP contribution in [0.2, 0.25) is 10.0 Å². The van der Waals surface area contributed by atoms with Crippen molar-refractivity contribution in [2.45, 2.75) is 10.6 Å². The van der Waals surface area contributed by atoms with Gasteiger partial charge in [-0.15, -0.1) is 0 Å². The predicted molar refractivity (Wildman–Crippen MR) is 77.4 cm³/mol. The van der Waals surface area contributed by atoms with Crippen LogP contribution >= 0.6 is 23.2 Å². The van der Waals surface area contributed by atoms with Gasteiger partial charge in [0.25, 0.3) is 0 Å². The number of benzene rings is 2. The van der Waals surface area contributed by atoms with Gasteiger partial charge in [-0.25, -0.2) is 4.39 Å². The molecule has 2 N–H and O–H groups in total. The van der Waals surface area contributed by atoms with Crippen LogP contribution in [0.25, 0.3) is 0 Å². The highest BCUT2D eigenvalue weighted by Gasteiger charge is 2.13. The Morgan fingerprint density at radius 1 is 1.16 bits per heavy atom. The van der Waals surface area contributed by atoms with Gasteiger partial charge in [0.05, 0.1) is 31.5 Å². The number of nitrogen functional groups attached to an aromatic ring is 1. The fraction of sp³-hybridized carbons (Fsp3) is 0.0769. The van der Waals surface area contributed by atoms with E-state index in [2.05, 4.69) is 0 Å². The third-order valence-corrected chi connectivity index (χ3v) is 4.73. The fourth-order valence-electron chi connectivity index (χ4n) is 1.62. The van der Waals surface area contributed by atoms with Crippen LogP contribution in [-0.2, 0) is 16.6 Å². The topological polar surface area (TPSA) is 43.1 Å². The molecule has 0 aromatic heterocycles. The quantitative estimate of drug-likeness (QED) is 0.869. The fourth-order valence-corrected chi connectivity index (χ4v) is 3.50. The number of hydrogen-bond donors (Lipinski definition) is 1. The lowest BCUT2D eigenvalue weighted by Crippen LogP contribution is -2.02. The molecule has 0 amide bonds. The maximum atomic E-state index is 13.0. The van der Waals surface area contributed by atoms with Gasteiger partial charge in [-0.05, 0) is 29.8 Å². The van der Waals surface area contributed by atoms with E-state index in [1.54, 1.807) is 18.2 Å². The van der Waals surface area contributed by atoms with Crippen molar-refractivity contribution in [3.05, 3.63) is 57.8 Å². The summed E-state index contributed by atoms with van der Waals surface area (Å²) in [7, 11) is -1.41. The van der Waals surface area contributed by atoms with Gasteiger partial charge in [0.2, 0.25) is 0 Å². The SMILES string of the molecule is Nc1cccc(Cl)c1S(=O)Cc1ccc(F)c(Cl)c1. The second-order valence-electron chi connectivity index (χ2n) is 3.90. The van der Waals surface area contributed by atoms with E-state index in [0.29, 0.717) is 21.2 Å². The average Bonchev–Trinajstić information content (AvgIpc) is 2.33. The smallest absolute Gasteiger partial charge is 0.141 e. The highest BCUT2D eigenvalue weighted by atomic mass is 35.5. The zero-order valence-corrected chi connectivity index (χ0v) is 12.0. The van der Waals surface area contributed by atoms with Crippen molar-refractivity contribution in [1.29, 1.82) is 0 Å². The first-order valence-corrected chi connectivity index (χ1v) is 7.43. The zero-order valence-electron chi connectivity index (χ0n) is 9.70. The lowest BCUT2D eigenvalue weighted by molar-refractivity contribution is 0.627. The minimum Gasteiger partial charge on any atom is -0.398 e. The van der Waals surface area contributed by atoms with Crippen molar-refractivity contribution in [3.63, 3.8) is 0 Å². The predicted octanol–water partition coefficient (Wildman–Crippen LogP) is 4.02. The van der Waals surface area contributed by atoms with Gasteiger partial charge in [0.1, 0.15) is 5.82 Å². The molecule has 0 aliphatic carbocycles. The molecule has 0 aliphatic rings. The number of rotatable bonds is 3. The van der Waals surface area contributed by atoms with Gasteiger partial charge < -0.3 is 5.73 Å². The Balaban J connectivity index is 2.28. The van der Waals surface area contributed by atoms with E-state index in [1.807, 2.05) is 0 Å². The summed E-state index contributed by atoms with van der Waals surface area (Å²) in [5.74, 6) is -0.332. The van der Waals surface area contributed by atoms with Crippen LogP contribution in [0.4, 0.5) is 10.1 Å². The minimum atomic E-state index is -1.41. The van der Waals surface area contributed by atoms with E-state index in [1.165, 1.54) is 18.2 Å². The van der Waals surface area contributed by atoms with E-state index in [-0.39, 0.29) is 10.8 Å². The molecule has 0 fully saturated rings.